The van der Waals surface area contributed by atoms with Gasteiger partial charge in [0.25, 0.3) is 0 Å². The second-order valence-corrected chi connectivity index (χ2v) is 10.1. The first-order valence-electron chi connectivity index (χ1n) is 12.8. The number of ether oxygens (including phenoxy) is 4. The predicted molar refractivity (Wildman–Crippen MR) is 144 cm³/mol. The summed E-state index contributed by atoms with van der Waals surface area (Å²) >= 11 is 0. The molecule has 4 atom stereocenters. The van der Waals surface area contributed by atoms with Crippen LogP contribution in [0.5, 0.6) is 34.5 Å². The van der Waals surface area contributed by atoms with E-state index < -0.39 is 24.0 Å². The monoisotopic (exact) mass is 530 g/mol. The lowest BCUT2D eigenvalue weighted by Gasteiger charge is -2.41. The lowest BCUT2D eigenvalue weighted by Crippen LogP contribution is -2.40. The Hall–Kier alpha value is -4.14. The molecule has 8 heteroatoms. The first-order valence-corrected chi connectivity index (χ1v) is 12.8. The molecule has 0 saturated heterocycles. The Labute approximate surface area is 225 Å². The number of hydrogen-bond acceptors (Lipinski definition) is 8. The normalized spacial score (nSPS) is 21.8. The SMILES string of the molecule is COc1cc(Cc2cccc(O)c2)c2c(c1)C(O)C(C1COc3c(cc(OC)c4cc(O)ccc34)C1O)CO2. The molecule has 8 nitrogen and oxygen atoms in total. The van der Waals surface area contributed by atoms with E-state index in [1.807, 2.05) is 12.1 Å². The van der Waals surface area contributed by atoms with E-state index in [4.69, 9.17) is 18.9 Å². The van der Waals surface area contributed by atoms with Crippen LogP contribution < -0.4 is 18.9 Å². The first kappa shape index (κ1) is 25.2. The van der Waals surface area contributed by atoms with Crippen LogP contribution in [0, 0.1) is 11.8 Å². The summed E-state index contributed by atoms with van der Waals surface area (Å²) in [5.41, 5.74) is 2.88. The van der Waals surface area contributed by atoms with Crippen molar-refractivity contribution in [2.24, 2.45) is 11.8 Å². The van der Waals surface area contributed by atoms with Crippen LogP contribution in [0.1, 0.15) is 34.5 Å². The van der Waals surface area contributed by atoms with E-state index in [-0.39, 0.29) is 24.7 Å². The third-order valence-electron chi connectivity index (χ3n) is 7.83. The second kappa shape index (κ2) is 9.87. The molecule has 0 saturated carbocycles. The zero-order valence-electron chi connectivity index (χ0n) is 21.6. The smallest absolute Gasteiger partial charge is 0.133 e. The maximum atomic E-state index is 11.6. The third kappa shape index (κ3) is 4.35. The number of rotatable bonds is 5. The number of aliphatic hydroxyl groups is 2. The maximum absolute atomic E-state index is 11.6. The van der Waals surface area contributed by atoms with Crippen LogP contribution in [-0.4, -0.2) is 47.9 Å². The number of hydrogen-bond donors (Lipinski definition) is 4. The summed E-state index contributed by atoms with van der Waals surface area (Å²) < 4.78 is 23.5. The molecule has 0 bridgehead atoms. The van der Waals surface area contributed by atoms with Gasteiger partial charge in [0.1, 0.15) is 34.5 Å². The molecule has 2 aliphatic heterocycles. The van der Waals surface area contributed by atoms with Crippen molar-refractivity contribution in [1.29, 1.82) is 0 Å². The summed E-state index contributed by atoms with van der Waals surface area (Å²) in [6.07, 6.45) is -1.39. The Morgan fingerprint density at radius 1 is 0.744 bits per heavy atom. The van der Waals surface area contributed by atoms with E-state index in [2.05, 4.69) is 0 Å². The molecule has 39 heavy (non-hydrogen) atoms. The molecular formula is C31H30O8. The average Bonchev–Trinajstić information content (AvgIpc) is 2.93. The van der Waals surface area contributed by atoms with Crippen molar-refractivity contribution in [1.82, 2.24) is 0 Å². The largest absolute Gasteiger partial charge is 0.508 e. The van der Waals surface area contributed by atoms with Crippen molar-refractivity contribution in [2.45, 2.75) is 18.6 Å². The lowest BCUT2D eigenvalue weighted by molar-refractivity contribution is -0.0550. The molecule has 4 N–H and O–H groups in total. The number of phenols is 2. The van der Waals surface area contributed by atoms with Gasteiger partial charge in [-0.25, -0.2) is 0 Å². The molecule has 4 aromatic rings. The zero-order valence-corrected chi connectivity index (χ0v) is 21.6. The van der Waals surface area contributed by atoms with E-state index in [9.17, 15) is 20.4 Å². The van der Waals surface area contributed by atoms with Crippen LogP contribution in [0.4, 0.5) is 0 Å². The van der Waals surface area contributed by atoms with E-state index >= 15 is 0 Å². The van der Waals surface area contributed by atoms with Crippen LogP contribution in [0.25, 0.3) is 10.8 Å². The molecule has 0 aromatic heterocycles. The number of benzene rings is 4. The van der Waals surface area contributed by atoms with Crippen LogP contribution in [0.2, 0.25) is 0 Å². The Kier molecular flexibility index (Phi) is 6.37. The Morgan fingerprint density at radius 3 is 2.13 bits per heavy atom. The minimum Gasteiger partial charge on any atom is -0.508 e. The minimum atomic E-state index is -0.942. The van der Waals surface area contributed by atoms with E-state index in [1.54, 1.807) is 55.6 Å². The Bertz CT molecular complexity index is 1550. The molecule has 4 aromatic carbocycles. The van der Waals surface area contributed by atoms with Crippen molar-refractivity contribution in [2.75, 3.05) is 27.4 Å². The third-order valence-corrected chi connectivity index (χ3v) is 7.83. The van der Waals surface area contributed by atoms with E-state index in [0.717, 1.165) is 16.5 Å². The quantitative estimate of drug-likeness (QED) is 0.295. The zero-order chi connectivity index (χ0) is 27.3. The topological polar surface area (TPSA) is 118 Å². The fourth-order valence-electron chi connectivity index (χ4n) is 5.86. The van der Waals surface area contributed by atoms with Gasteiger partial charge in [0.05, 0.1) is 39.6 Å². The van der Waals surface area contributed by atoms with Crippen molar-refractivity contribution >= 4 is 10.8 Å². The molecule has 202 valence electrons. The van der Waals surface area contributed by atoms with Crippen LogP contribution in [0.15, 0.2) is 60.7 Å². The molecule has 4 unspecified atom stereocenters. The highest BCUT2D eigenvalue weighted by Crippen LogP contribution is 2.51. The number of aliphatic hydroxyl groups excluding tert-OH is 2. The first-order chi connectivity index (χ1) is 18.9. The molecule has 2 aliphatic rings. The van der Waals surface area contributed by atoms with Gasteiger partial charge in [-0.3, -0.25) is 0 Å². The van der Waals surface area contributed by atoms with Crippen molar-refractivity contribution in [3.8, 4) is 34.5 Å². The predicted octanol–water partition coefficient (Wildman–Crippen LogP) is 4.64. The summed E-state index contributed by atoms with van der Waals surface area (Å²) in [6, 6.07) is 17.3. The number of methoxy groups -OCH3 is 2. The summed E-state index contributed by atoms with van der Waals surface area (Å²) in [5.74, 6) is 1.59. The van der Waals surface area contributed by atoms with Crippen molar-refractivity contribution in [3.63, 3.8) is 0 Å². The minimum absolute atomic E-state index is 0.106. The van der Waals surface area contributed by atoms with Gasteiger partial charge in [-0.1, -0.05) is 12.1 Å². The molecule has 0 spiro atoms. The van der Waals surface area contributed by atoms with Gasteiger partial charge in [0, 0.05) is 45.7 Å². The van der Waals surface area contributed by atoms with Gasteiger partial charge in [0.15, 0.2) is 0 Å². The second-order valence-electron chi connectivity index (χ2n) is 10.1. The summed E-state index contributed by atoms with van der Waals surface area (Å²) in [5, 5.41) is 44.4. The fourth-order valence-corrected chi connectivity index (χ4v) is 5.86. The van der Waals surface area contributed by atoms with E-state index in [0.29, 0.717) is 45.9 Å². The fraction of sp³-hybridized carbons (Fsp3) is 0.290. The highest BCUT2D eigenvalue weighted by molar-refractivity contribution is 5.95. The summed E-state index contributed by atoms with van der Waals surface area (Å²) in [6.45, 7) is 0.365. The van der Waals surface area contributed by atoms with Gasteiger partial charge < -0.3 is 39.4 Å². The number of aromatic hydroxyl groups is 2. The Morgan fingerprint density at radius 2 is 1.44 bits per heavy atom. The van der Waals surface area contributed by atoms with Gasteiger partial charge in [-0.05, 0) is 54.1 Å². The maximum Gasteiger partial charge on any atom is 0.133 e. The molecular weight excluding hydrogens is 500 g/mol. The van der Waals surface area contributed by atoms with E-state index in [1.165, 1.54) is 7.11 Å². The van der Waals surface area contributed by atoms with Gasteiger partial charge in [-0.15, -0.1) is 0 Å². The van der Waals surface area contributed by atoms with Crippen LogP contribution in [0.3, 0.4) is 0 Å². The number of fused-ring (bicyclic) bond motifs is 4. The van der Waals surface area contributed by atoms with Gasteiger partial charge in [0.2, 0.25) is 0 Å². The molecule has 6 rings (SSSR count). The molecule has 0 radical (unpaired) electrons. The lowest BCUT2D eigenvalue weighted by atomic mass is 9.76. The van der Waals surface area contributed by atoms with Crippen LogP contribution in [-0.2, 0) is 6.42 Å². The highest BCUT2D eigenvalue weighted by atomic mass is 16.5. The average molecular weight is 531 g/mol. The molecule has 0 amide bonds. The van der Waals surface area contributed by atoms with Crippen molar-refractivity contribution < 1.29 is 39.4 Å². The van der Waals surface area contributed by atoms with Crippen LogP contribution >= 0.6 is 0 Å². The van der Waals surface area contributed by atoms with Gasteiger partial charge in [-0.2, -0.15) is 0 Å². The standard InChI is InChI=1S/C31H30O8/c1-36-20-10-17(8-16-4-3-5-18(32)9-16)30-23(12-20)28(34)25(14-38-30)26-15-39-31-21-7-6-19(33)11-22(21)27(37-2)13-24(31)29(26)35/h3-7,9-13,25-26,28-29,32-35H,8,14-15H2,1-2H3. The number of phenolic OH excluding ortho intramolecular Hbond substituents is 2. The molecule has 0 aliphatic carbocycles. The van der Waals surface area contributed by atoms with Gasteiger partial charge >= 0.3 is 0 Å². The molecule has 0 fully saturated rings. The van der Waals surface area contributed by atoms with Crippen molar-refractivity contribution in [3.05, 3.63) is 82.9 Å². The highest BCUT2D eigenvalue weighted by Gasteiger charge is 2.43. The molecule has 2 heterocycles. The summed E-state index contributed by atoms with van der Waals surface area (Å²) in [7, 11) is 3.11. The Balaban J connectivity index is 1.34. The summed E-state index contributed by atoms with van der Waals surface area (Å²) in [4.78, 5) is 0.